The molecule has 31 heavy (non-hydrogen) atoms. The lowest BCUT2D eigenvalue weighted by Crippen LogP contribution is -2.26. The van der Waals surface area contributed by atoms with Gasteiger partial charge in [0.1, 0.15) is 5.82 Å². The minimum Gasteiger partial charge on any atom is -0.352 e. The van der Waals surface area contributed by atoms with Crippen molar-refractivity contribution >= 4 is 17.7 Å². The smallest absolute Gasteiger partial charge is 0.255 e. The molecule has 1 saturated carbocycles. The van der Waals surface area contributed by atoms with Crippen LogP contribution in [-0.2, 0) is 6.42 Å². The number of nitrogens with zero attached hydrogens (tertiary/aromatic N) is 5. The summed E-state index contributed by atoms with van der Waals surface area (Å²) in [6, 6.07) is 10.4. The predicted molar refractivity (Wildman–Crippen MR) is 123 cm³/mol. The second-order valence-electron chi connectivity index (χ2n) is 8.06. The van der Waals surface area contributed by atoms with Gasteiger partial charge in [0.05, 0.1) is 22.6 Å². The van der Waals surface area contributed by atoms with Crippen molar-refractivity contribution in [2.24, 2.45) is 0 Å². The van der Waals surface area contributed by atoms with Gasteiger partial charge in [-0.25, -0.2) is 4.68 Å². The second kappa shape index (κ2) is 9.68. The minimum atomic E-state index is -0.0701. The van der Waals surface area contributed by atoms with Crippen LogP contribution in [0.3, 0.4) is 0 Å². The molecule has 8 heteroatoms. The van der Waals surface area contributed by atoms with Crippen molar-refractivity contribution in [3.05, 3.63) is 53.1 Å². The van der Waals surface area contributed by atoms with Gasteiger partial charge in [-0.15, -0.1) is 10.2 Å². The highest BCUT2D eigenvalue weighted by molar-refractivity contribution is 7.98. The molecular weight excluding hydrogens is 408 g/mol. The summed E-state index contributed by atoms with van der Waals surface area (Å²) in [6.45, 7) is 4.42. The maximum Gasteiger partial charge on any atom is 0.255 e. The fourth-order valence-electron chi connectivity index (χ4n) is 4.47. The maximum atomic E-state index is 12.9. The number of benzene rings is 1. The summed E-state index contributed by atoms with van der Waals surface area (Å²) in [4.78, 5) is 12.9. The molecule has 0 atom stereocenters. The van der Waals surface area contributed by atoms with Crippen LogP contribution in [0, 0.1) is 13.8 Å². The van der Waals surface area contributed by atoms with Gasteiger partial charge in [-0.3, -0.25) is 4.79 Å². The first-order valence-corrected chi connectivity index (χ1v) is 12.2. The number of aromatic nitrogens is 5. The summed E-state index contributed by atoms with van der Waals surface area (Å²) in [6.07, 6.45) is 8.67. The van der Waals surface area contributed by atoms with Gasteiger partial charge in [0.25, 0.3) is 5.91 Å². The van der Waals surface area contributed by atoms with Crippen LogP contribution in [-0.4, -0.2) is 43.3 Å². The number of carbonyl (C=O) groups excluding carboxylic acids is 1. The number of para-hydroxylation sites is 1. The summed E-state index contributed by atoms with van der Waals surface area (Å²) in [5.41, 5.74) is 3.21. The molecule has 1 aromatic carbocycles. The Morgan fingerprint density at radius 3 is 2.61 bits per heavy atom. The average Bonchev–Trinajstić information content (AvgIpc) is 3.50. The quantitative estimate of drug-likeness (QED) is 0.420. The Labute approximate surface area is 187 Å². The van der Waals surface area contributed by atoms with E-state index in [0.717, 1.165) is 40.9 Å². The lowest BCUT2D eigenvalue weighted by Gasteiger charge is -2.16. The fraction of sp³-hybridized carbons (Fsp3) is 0.478. The number of carbonyl (C=O) groups is 1. The number of amides is 1. The monoisotopic (exact) mass is 438 g/mol. The van der Waals surface area contributed by atoms with Crippen molar-refractivity contribution in [1.82, 2.24) is 29.9 Å². The summed E-state index contributed by atoms with van der Waals surface area (Å²) in [7, 11) is 0. The normalized spacial score (nSPS) is 14.3. The zero-order valence-corrected chi connectivity index (χ0v) is 19.3. The molecule has 0 unspecified atom stereocenters. The summed E-state index contributed by atoms with van der Waals surface area (Å²) >= 11 is 1.66. The van der Waals surface area contributed by atoms with Crippen LogP contribution >= 0.6 is 11.8 Å². The van der Waals surface area contributed by atoms with Crippen molar-refractivity contribution in [3.8, 4) is 5.69 Å². The van der Waals surface area contributed by atoms with Crippen LogP contribution in [0.5, 0.6) is 0 Å². The van der Waals surface area contributed by atoms with Crippen molar-refractivity contribution in [3.63, 3.8) is 0 Å². The average molecular weight is 439 g/mol. The zero-order chi connectivity index (χ0) is 21.8. The van der Waals surface area contributed by atoms with Gasteiger partial charge in [0.2, 0.25) is 0 Å². The van der Waals surface area contributed by atoms with Crippen molar-refractivity contribution in [2.45, 2.75) is 63.6 Å². The predicted octanol–water partition coefficient (Wildman–Crippen LogP) is 4.28. The number of aryl methyl sites for hydroxylation is 2. The third kappa shape index (κ3) is 4.54. The van der Waals surface area contributed by atoms with Crippen LogP contribution < -0.4 is 5.32 Å². The molecule has 4 rings (SSSR count). The topological polar surface area (TPSA) is 77.6 Å². The Bertz CT molecular complexity index is 1040. The van der Waals surface area contributed by atoms with E-state index in [1.807, 2.05) is 48.9 Å². The molecule has 1 N–H and O–H groups in total. The van der Waals surface area contributed by atoms with Gasteiger partial charge in [0, 0.05) is 19.0 Å². The third-order valence-corrected chi connectivity index (χ3v) is 6.63. The van der Waals surface area contributed by atoms with E-state index in [0.29, 0.717) is 18.2 Å². The van der Waals surface area contributed by atoms with Crippen LogP contribution in [0.4, 0.5) is 0 Å². The molecule has 0 saturated heterocycles. The van der Waals surface area contributed by atoms with E-state index < -0.39 is 0 Å². The van der Waals surface area contributed by atoms with Gasteiger partial charge in [0.15, 0.2) is 5.16 Å². The van der Waals surface area contributed by atoms with Gasteiger partial charge in [-0.1, -0.05) is 42.8 Å². The summed E-state index contributed by atoms with van der Waals surface area (Å²) < 4.78 is 4.16. The number of thioether (sulfide) groups is 1. The number of hydrogen-bond donors (Lipinski definition) is 1. The van der Waals surface area contributed by atoms with Gasteiger partial charge in [-0.2, -0.15) is 5.10 Å². The molecule has 2 aromatic heterocycles. The molecule has 0 bridgehead atoms. The molecule has 164 valence electrons. The van der Waals surface area contributed by atoms with Gasteiger partial charge in [-0.05, 0) is 51.5 Å². The molecule has 0 radical (unpaired) electrons. The first-order valence-electron chi connectivity index (χ1n) is 11.0. The molecule has 1 amide bonds. The summed E-state index contributed by atoms with van der Waals surface area (Å²) in [5, 5.41) is 17.5. The Morgan fingerprint density at radius 2 is 1.90 bits per heavy atom. The molecule has 2 heterocycles. The zero-order valence-electron chi connectivity index (χ0n) is 18.5. The fourth-order valence-corrected chi connectivity index (χ4v) is 5.05. The van der Waals surface area contributed by atoms with E-state index in [2.05, 4.69) is 31.4 Å². The molecule has 1 aliphatic carbocycles. The molecule has 1 fully saturated rings. The molecule has 1 aliphatic rings. The van der Waals surface area contributed by atoms with Gasteiger partial charge >= 0.3 is 0 Å². The van der Waals surface area contributed by atoms with Crippen LogP contribution in [0.1, 0.15) is 65.7 Å². The van der Waals surface area contributed by atoms with Gasteiger partial charge < -0.3 is 9.88 Å². The van der Waals surface area contributed by atoms with E-state index in [9.17, 15) is 4.79 Å². The Morgan fingerprint density at radius 1 is 1.16 bits per heavy atom. The Kier molecular flexibility index (Phi) is 6.75. The number of hydrogen-bond acceptors (Lipinski definition) is 5. The Balaban J connectivity index is 1.38. The molecule has 3 aromatic rings. The highest BCUT2D eigenvalue weighted by Crippen LogP contribution is 2.33. The lowest BCUT2D eigenvalue weighted by molar-refractivity contribution is 0.0952. The van der Waals surface area contributed by atoms with Crippen LogP contribution in [0.25, 0.3) is 5.69 Å². The van der Waals surface area contributed by atoms with Crippen molar-refractivity contribution in [1.29, 1.82) is 0 Å². The van der Waals surface area contributed by atoms with Crippen LogP contribution in [0.2, 0.25) is 0 Å². The van der Waals surface area contributed by atoms with E-state index >= 15 is 0 Å². The summed E-state index contributed by atoms with van der Waals surface area (Å²) in [5.74, 6) is 0.967. The third-order valence-electron chi connectivity index (χ3n) is 5.99. The standard InChI is InChI=1S/C23H30N6OS/c1-16-21(17(2)29(27-16)19-12-5-4-6-13-19)22(30)24-15-9-14-20-25-26-23(31-3)28(20)18-10-7-8-11-18/h4-6,12-13,18H,7-11,14-15H2,1-3H3,(H,24,30). The minimum absolute atomic E-state index is 0.0701. The Hall–Kier alpha value is -2.61. The molecule has 0 aliphatic heterocycles. The molecule has 0 spiro atoms. The number of rotatable bonds is 8. The highest BCUT2D eigenvalue weighted by atomic mass is 32.2. The van der Waals surface area contributed by atoms with E-state index in [1.165, 1.54) is 25.7 Å². The molecular formula is C23H30N6OS. The first kappa shape index (κ1) is 21.6. The first-order chi connectivity index (χ1) is 15.1. The van der Waals surface area contributed by atoms with E-state index in [4.69, 9.17) is 0 Å². The van der Waals surface area contributed by atoms with Crippen LogP contribution in [0.15, 0.2) is 35.5 Å². The second-order valence-corrected chi connectivity index (χ2v) is 8.84. The highest BCUT2D eigenvalue weighted by Gasteiger charge is 2.23. The van der Waals surface area contributed by atoms with E-state index in [-0.39, 0.29) is 5.91 Å². The lowest BCUT2D eigenvalue weighted by atomic mass is 10.1. The molecule has 7 nitrogen and oxygen atoms in total. The SMILES string of the molecule is CSc1nnc(CCCNC(=O)c2c(C)nn(-c3ccccc3)c2C)n1C1CCCC1. The van der Waals surface area contributed by atoms with Crippen molar-refractivity contribution in [2.75, 3.05) is 12.8 Å². The maximum absolute atomic E-state index is 12.9. The number of nitrogens with one attached hydrogen (secondary N) is 1. The van der Waals surface area contributed by atoms with E-state index in [1.54, 1.807) is 11.8 Å². The van der Waals surface area contributed by atoms with Crippen molar-refractivity contribution < 1.29 is 4.79 Å². The largest absolute Gasteiger partial charge is 0.352 e.